The molecule has 2 N–H and O–H groups in total. The summed E-state index contributed by atoms with van der Waals surface area (Å²) >= 11 is 0. The molecule has 0 saturated carbocycles. The molecule has 0 aliphatic rings. The Morgan fingerprint density at radius 3 is 2.14 bits per heavy atom. The topological polar surface area (TPSA) is 75.6 Å². The molecule has 1 aromatic carbocycles. The van der Waals surface area contributed by atoms with Gasteiger partial charge in [0.25, 0.3) is 0 Å². The van der Waals surface area contributed by atoms with Gasteiger partial charge in [0.1, 0.15) is 0 Å². The maximum Gasteiger partial charge on any atom is 0.334 e. The molecule has 5 heteroatoms. The average molecular weight is 307 g/mol. The Labute approximate surface area is 131 Å². The van der Waals surface area contributed by atoms with Gasteiger partial charge in [0, 0.05) is 13.5 Å². The van der Waals surface area contributed by atoms with Crippen LogP contribution in [0.1, 0.15) is 50.2 Å². The molecule has 1 rings (SSSR count). The molecule has 22 heavy (non-hydrogen) atoms. The Kier molecular flexibility index (Phi) is 7.05. The number of hydrogen-bond acceptors (Lipinski definition) is 3. The third-order valence-corrected chi connectivity index (χ3v) is 3.71. The van der Waals surface area contributed by atoms with Gasteiger partial charge in [0.05, 0.1) is 6.54 Å². The SMILES string of the molecule is COC(CNC(=O)CC(C)c1ccc(C(C)C)cc1)C(=O)O. The van der Waals surface area contributed by atoms with E-state index >= 15 is 0 Å². The summed E-state index contributed by atoms with van der Waals surface area (Å²) in [6.45, 7) is 6.24. The number of carbonyl (C=O) groups excluding carboxylic acids is 1. The first-order chi connectivity index (χ1) is 10.3. The van der Waals surface area contributed by atoms with Crippen LogP contribution in [0.15, 0.2) is 24.3 Å². The molecule has 0 radical (unpaired) electrons. The summed E-state index contributed by atoms with van der Waals surface area (Å²) in [6.07, 6.45) is -0.693. The highest BCUT2D eigenvalue weighted by Gasteiger charge is 2.18. The maximum atomic E-state index is 11.9. The first-order valence-corrected chi connectivity index (χ1v) is 7.47. The summed E-state index contributed by atoms with van der Waals surface area (Å²) in [5.74, 6) is -0.703. The lowest BCUT2D eigenvalue weighted by Crippen LogP contribution is -2.38. The summed E-state index contributed by atoms with van der Waals surface area (Å²) in [4.78, 5) is 22.7. The predicted octanol–water partition coefficient (Wildman–Crippen LogP) is 2.52. The summed E-state index contributed by atoms with van der Waals surface area (Å²) in [5.41, 5.74) is 2.37. The maximum absolute atomic E-state index is 11.9. The fraction of sp³-hybridized carbons (Fsp3) is 0.529. The molecular weight excluding hydrogens is 282 g/mol. The van der Waals surface area contributed by atoms with Gasteiger partial charge in [0.15, 0.2) is 6.10 Å². The zero-order valence-corrected chi connectivity index (χ0v) is 13.6. The van der Waals surface area contributed by atoms with E-state index in [1.54, 1.807) is 0 Å². The van der Waals surface area contributed by atoms with Crippen LogP contribution in [0.5, 0.6) is 0 Å². The summed E-state index contributed by atoms with van der Waals surface area (Å²) < 4.78 is 4.77. The molecule has 1 amide bonds. The lowest BCUT2D eigenvalue weighted by Gasteiger charge is -2.15. The van der Waals surface area contributed by atoms with Gasteiger partial charge in [-0.3, -0.25) is 4.79 Å². The molecule has 0 bridgehead atoms. The van der Waals surface area contributed by atoms with E-state index in [4.69, 9.17) is 9.84 Å². The number of methoxy groups -OCH3 is 1. The van der Waals surface area contributed by atoms with Gasteiger partial charge in [-0.25, -0.2) is 4.79 Å². The Morgan fingerprint density at radius 2 is 1.68 bits per heavy atom. The van der Waals surface area contributed by atoms with E-state index in [0.29, 0.717) is 12.3 Å². The van der Waals surface area contributed by atoms with E-state index in [9.17, 15) is 9.59 Å². The van der Waals surface area contributed by atoms with Gasteiger partial charge >= 0.3 is 5.97 Å². The van der Waals surface area contributed by atoms with Gasteiger partial charge in [-0.2, -0.15) is 0 Å². The molecule has 0 saturated heterocycles. The van der Waals surface area contributed by atoms with Crippen molar-refractivity contribution in [2.24, 2.45) is 0 Å². The number of ether oxygens (including phenoxy) is 1. The minimum atomic E-state index is -1.08. The normalized spacial score (nSPS) is 13.7. The first-order valence-electron chi connectivity index (χ1n) is 7.47. The van der Waals surface area contributed by atoms with E-state index in [1.807, 2.05) is 19.1 Å². The number of aliphatic carboxylic acids is 1. The second-order valence-electron chi connectivity index (χ2n) is 5.79. The highest BCUT2D eigenvalue weighted by molar-refractivity contribution is 5.78. The average Bonchev–Trinajstić information content (AvgIpc) is 2.47. The number of benzene rings is 1. The largest absolute Gasteiger partial charge is 0.479 e. The molecule has 0 aliphatic carbocycles. The lowest BCUT2D eigenvalue weighted by molar-refractivity contribution is -0.148. The van der Waals surface area contributed by atoms with Gasteiger partial charge in [0.2, 0.25) is 5.91 Å². The van der Waals surface area contributed by atoms with Crippen molar-refractivity contribution in [2.45, 2.75) is 45.1 Å². The number of carboxylic acid groups (broad SMARTS) is 1. The number of carbonyl (C=O) groups is 2. The third kappa shape index (κ3) is 5.48. The molecule has 0 aliphatic heterocycles. The highest BCUT2D eigenvalue weighted by atomic mass is 16.5. The van der Waals surface area contributed by atoms with Crippen molar-refractivity contribution in [1.29, 1.82) is 0 Å². The quantitative estimate of drug-likeness (QED) is 0.774. The number of rotatable bonds is 8. The highest BCUT2D eigenvalue weighted by Crippen LogP contribution is 2.22. The van der Waals surface area contributed by atoms with E-state index in [2.05, 4.69) is 31.3 Å². The Hall–Kier alpha value is -1.88. The summed E-state index contributed by atoms with van der Waals surface area (Å²) in [5, 5.41) is 11.4. The second kappa shape index (κ2) is 8.54. The minimum absolute atomic E-state index is 0.0241. The summed E-state index contributed by atoms with van der Waals surface area (Å²) in [6, 6.07) is 8.25. The van der Waals surface area contributed by atoms with Crippen LogP contribution in [0.4, 0.5) is 0 Å². The monoisotopic (exact) mass is 307 g/mol. The van der Waals surface area contributed by atoms with Crippen LogP contribution in [-0.2, 0) is 14.3 Å². The van der Waals surface area contributed by atoms with Crippen molar-refractivity contribution in [2.75, 3.05) is 13.7 Å². The predicted molar refractivity (Wildman–Crippen MR) is 85.0 cm³/mol. The molecule has 2 unspecified atom stereocenters. The standard InChI is InChI=1S/C17H25NO4/c1-11(2)13-5-7-14(8-6-13)12(3)9-16(19)18-10-15(22-4)17(20)21/h5-8,11-12,15H,9-10H2,1-4H3,(H,18,19)(H,20,21). The van der Waals surface area contributed by atoms with Crippen molar-refractivity contribution in [1.82, 2.24) is 5.32 Å². The van der Waals surface area contributed by atoms with Crippen LogP contribution >= 0.6 is 0 Å². The van der Waals surface area contributed by atoms with Gasteiger partial charge < -0.3 is 15.2 Å². The molecule has 122 valence electrons. The number of hydrogen-bond donors (Lipinski definition) is 2. The molecule has 5 nitrogen and oxygen atoms in total. The number of amides is 1. The first kappa shape index (κ1) is 18.2. The third-order valence-electron chi connectivity index (χ3n) is 3.71. The molecule has 2 atom stereocenters. The van der Waals surface area contributed by atoms with Crippen molar-refractivity contribution in [3.63, 3.8) is 0 Å². The molecule has 0 heterocycles. The van der Waals surface area contributed by atoms with Gasteiger partial charge in [-0.05, 0) is 23.0 Å². The molecule has 0 aromatic heterocycles. The van der Waals surface area contributed by atoms with E-state index < -0.39 is 12.1 Å². The van der Waals surface area contributed by atoms with Crippen LogP contribution in [0.25, 0.3) is 0 Å². The van der Waals surface area contributed by atoms with Crippen LogP contribution in [0.2, 0.25) is 0 Å². The molecule has 0 spiro atoms. The van der Waals surface area contributed by atoms with Gasteiger partial charge in [-0.15, -0.1) is 0 Å². The fourth-order valence-electron chi connectivity index (χ4n) is 2.16. The smallest absolute Gasteiger partial charge is 0.334 e. The van der Waals surface area contributed by atoms with Crippen molar-refractivity contribution < 1.29 is 19.4 Å². The zero-order valence-electron chi connectivity index (χ0n) is 13.6. The Morgan fingerprint density at radius 1 is 1.14 bits per heavy atom. The van der Waals surface area contributed by atoms with Gasteiger partial charge in [-0.1, -0.05) is 45.0 Å². The number of carboxylic acids is 1. The van der Waals surface area contributed by atoms with Crippen LogP contribution < -0.4 is 5.32 Å². The van der Waals surface area contributed by atoms with Crippen molar-refractivity contribution in [3.8, 4) is 0 Å². The number of nitrogens with one attached hydrogen (secondary N) is 1. The molecule has 1 aromatic rings. The minimum Gasteiger partial charge on any atom is -0.479 e. The Bertz CT molecular complexity index is 496. The van der Waals surface area contributed by atoms with E-state index in [-0.39, 0.29) is 18.4 Å². The van der Waals surface area contributed by atoms with Crippen molar-refractivity contribution in [3.05, 3.63) is 35.4 Å². The summed E-state index contributed by atoms with van der Waals surface area (Å²) in [7, 11) is 1.31. The van der Waals surface area contributed by atoms with E-state index in [1.165, 1.54) is 12.7 Å². The molecule has 0 fully saturated rings. The van der Waals surface area contributed by atoms with Crippen LogP contribution in [0.3, 0.4) is 0 Å². The Balaban J connectivity index is 2.51. The van der Waals surface area contributed by atoms with Crippen molar-refractivity contribution >= 4 is 11.9 Å². The van der Waals surface area contributed by atoms with Crippen LogP contribution in [0, 0.1) is 0 Å². The van der Waals surface area contributed by atoms with E-state index in [0.717, 1.165) is 5.56 Å². The van der Waals surface area contributed by atoms with Crippen LogP contribution in [-0.4, -0.2) is 36.7 Å². The fourth-order valence-corrected chi connectivity index (χ4v) is 2.16. The lowest BCUT2D eigenvalue weighted by atomic mass is 9.94. The molecular formula is C17H25NO4. The zero-order chi connectivity index (χ0) is 16.7. The second-order valence-corrected chi connectivity index (χ2v) is 5.79.